The van der Waals surface area contributed by atoms with Gasteiger partial charge < -0.3 is 5.32 Å². The van der Waals surface area contributed by atoms with E-state index < -0.39 is 10.0 Å². The molecule has 2 aliphatic rings. The first kappa shape index (κ1) is 17.4. The summed E-state index contributed by atoms with van der Waals surface area (Å²) < 4.78 is 26.9. The van der Waals surface area contributed by atoms with Crippen LogP contribution in [0.1, 0.15) is 40.4 Å². The van der Waals surface area contributed by atoms with Crippen LogP contribution in [0, 0.1) is 0 Å². The number of ketones is 1. The molecule has 0 fully saturated rings. The quantitative estimate of drug-likeness (QED) is 0.898. The van der Waals surface area contributed by atoms with Crippen molar-refractivity contribution >= 4 is 15.8 Å². The summed E-state index contributed by atoms with van der Waals surface area (Å²) in [6.45, 7) is 1.24. The molecule has 2 heterocycles. The Morgan fingerprint density at radius 1 is 1.08 bits per heavy atom. The fourth-order valence-electron chi connectivity index (χ4n) is 3.91. The zero-order valence-electron chi connectivity index (χ0n) is 14.5. The highest BCUT2D eigenvalue weighted by Crippen LogP contribution is 2.29. The summed E-state index contributed by atoms with van der Waals surface area (Å²) in [5.74, 6) is -0.128. The van der Waals surface area contributed by atoms with Crippen LogP contribution < -0.4 is 5.32 Å². The molecule has 0 saturated carbocycles. The van der Waals surface area contributed by atoms with Crippen molar-refractivity contribution in [1.29, 1.82) is 0 Å². The molecule has 1 atom stereocenters. The second kappa shape index (κ2) is 6.95. The van der Waals surface area contributed by atoms with Gasteiger partial charge in [-0.3, -0.25) is 4.79 Å². The average Bonchev–Trinajstić information content (AvgIpc) is 2.66. The van der Waals surface area contributed by atoms with Crippen molar-refractivity contribution in [2.24, 2.45) is 0 Å². The first-order valence-corrected chi connectivity index (χ1v) is 10.4. The number of carbonyl (C=O) groups excluding carboxylic acids is 1. The number of fused-ring (bicyclic) bond motifs is 2. The third-order valence-corrected chi connectivity index (χ3v) is 7.14. The van der Waals surface area contributed by atoms with Crippen molar-refractivity contribution in [3.63, 3.8) is 0 Å². The van der Waals surface area contributed by atoms with Gasteiger partial charge in [-0.25, -0.2) is 8.42 Å². The van der Waals surface area contributed by atoms with Crippen LogP contribution in [0.5, 0.6) is 0 Å². The van der Waals surface area contributed by atoms with Crippen molar-refractivity contribution in [1.82, 2.24) is 9.62 Å². The van der Waals surface area contributed by atoms with Crippen LogP contribution in [0.4, 0.5) is 0 Å². The molecule has 4 rings (SSSR count). The highest BCUT2D eigenvalue weighted by Gasteiger charge is 2.35. The smallest absolute Gasteiger partial charge is 0.244 e. The number of hydrogen-bond donors (Lipinski definition) is 1. The minimum atomic E-state index is -3.59. The molecule has 0 amide bonds. The molecule has 26 heavy (non-hydrogen) atoms. The molecular weight excluding hydrogens is 348 g/mol. The predicted molar refractivity (Wildman–Crippen MR) is 99.7 cm³/mol. The molecule has 1 unspecified atom stereocenters. The van der Waals surface area contributed by atoms with Crippen LogP contribution in [0.25, 0.3) is 0 Å². The van der Waals surface area contributed by atoms with Crippen molar-refractivity contribution in [2.45, 2.75) is 30.2 Å². The molecular formula is C20H22N2O3S. The Bertz CT molecular complexity index is 940. The molecule has 1 N–H and O–H groups in total. The van der Waals surface area contributed by atoms with Crippen molar-refractivity contribution in [3.8, 4) is 0 Å². The molecule has 2 aromatic carbocycles. The van der Waals surface area contributed by atoms with E-state index in [1.165, 1.54) is 21.5 Å². The Balaban J connectivity index is 1.46. The van der Waals surface area contributed by atoms with Gasteiger partial charge in [0.1, 0.15) is 0 Å². The summed E-state index contributed by atoms with van der Waals surface area (Å²) in [5.41, 5.74) is 2.99. The Morgan fingerprint density at radius 2 is 1.85 bits per heavy atom. The second-order valence-corrected chi connectivity index (χ2v) is 8.76. The maximum Gasteiger partial charge on any atom is 0.244 e. The third kappa shape index (κ3) is 3.09. The van der Waals surface area contributed by atoms with E-state index in [1.807, 2.05) is 6.07 Å². The molecule has 0 spiro atoms. The van der Waals surface area contributed by atoms with Crippen molar-refractivity contribution in [2.75, 3.05) is 19.6 Å². The summed E-state index contributed by atoms with van der Waals surface area (Å²) in [6.07, 6.45) is 2.58. The van der Waals surface area contributed by atoms with E-state index in [0.717, 1.165) is 19.4 Å². The van der Waals surface area contributed by atoms with E-state index in [-0.39, 0.29) is 23.3 Å². The zero-order valence-corrected chi connectivity index (χ0v) is 15.3. The number of Topliss-reactive ketones (excluding diaryl/α,β-unsaturated/α-hetero) is 1. The van der Waals surface area contributed by atoms with Crippen LogP contribution in [-0.4, -0.2) is 38.1 Å². The van der Waals surface area contributed by atoms with Crippen LogP contribution in [0.3, 0.4) is 0 Å². The zero-order chi connectivity index (χ0) is 18.1. The maximum absolute atomic E-state index is 12.8. The molecule has 136 valence electrons. The predicted octanol–water partition coefficient (Wildman–Crippen LogP) is 2.54. The molecule has 2 aliphatic heterocycles. The fraction of sp³-hybridized carbons (Fsp3) is 0.350. The number of nitrogens with one attached hydrogen (secondary N) is 1. The normalized spacial score (nSPS) is 21.8. The number of benzene rings is 2. The molecule has 0 radical (unpaired) electrons. The summed E-state index contributed by atoms with van der Waals surface area (Å²) >= 11 is 0. The van der Waals surface area contributed by atoms with Crippen LogP contribution in [0.15, 0.2) is 53.4 Å². The molecule has 6 heteroatoms. The lowest BCUT2D eigenvalue weighted by Crippen LogP contribution is -2.41. The molecule has 0 aliphatic carbocycles. The van der Waals surface area contributed by atoms with Gasteiger partial charge in [0.25, 0.3) is 0 Å². The lowest BCUT2D eigenvalue weighted by Gasteiger charge is -2.29. The Labute approximate surface area is 154 Å². The molecule has 0 aromatic heterocycles. The van der Waals surface area contributed by atoms with E-state index in [9.17, 15) is 13.2 Å². The maximum atomic E-state index is 12.8. The summed E-state index contributed by atoms with van der Waals surface area (Å²) in [5, 5.41) is 3.52. The number of rotatable bonds is 4. The number of hydrogen-bond acceptors (Lipinski definition) is 4. The van der Waals surface area contributed by atoms with E-state index in [1.54, 1.807) is 18.2 Å². The van der Waals surface area contributed by atoms with Gasteiger partial charge in [0.15, 0.2) is 5.78 Å². The average molecular weight is 370 g/mol. The molecule has 0 saturated heterocycles. The van der Waals surface area contributed by atoms with E-state index in [2.05, 4.69) is 23.5 Å². The summed E-state index contributed by atoms with van der Waals surface area (Å²) in [4.78, 5) is 12.4. The molecule has 5 nitrogen and oxygen atoms in total. The fourth-order valence-corrected chi connectivity index (χ4v) is 5.56. The molecule has 0 bridgehead atoms. The van der Waals surface area contributed by atoms with Gasteiger partial charge in [0.05, 0.1) is 11.4 Å². The minimum absolute atomic E-state index is 0.0615. The second-order valence-electron chi connectivity index (χ2n) is 6.86. The number of carbonyl (C=O) groups is 1. The lowest BCUT2D eigenvalue weighted by atomic mass is 9.92. The monoisotopic (exact) mass is 370 g/mol. The van der Waals surface area contributed by atoms with E-state index in [0.29, 0.717) is 18.5 Å². The highest BCUT2D eigenvalue weighted by molar-refractivity contribution is 7.89. The number of nitrogens with zero attached hydrogens (tertiary/aromatic N) is 1. The standard InChI is InChI=1S/C20H22N2O3S/c23-19-14-22(26(24,25)20-10-4-3-8-17(19)20)13-5-9-18-16-7-2-1-6-15(16)11-12-21-18/h1-4,6-8,10,18,21H,5,9,11-14H2. The van der Waals surface area contributed by atoms with Crippen molar-refractivity contribution in [3.05, 3.63) is 65.2 Å². The lowest BCUT2D eigenvalue weighted by molar-refractivity contribution is 0.0955. The highest BCUT2D eigenvalue weighted by atomic mass is 32.2. The third-order valence-electron chi connectivity index (χ3n) is 5.24. The SMILES string of the molecule is O=C1CN(CCCC2NCCc3ccccc32)S(=O)(=O)c2ccccc21. The minimum Gasteiger partial charge on any atom is -0.310 e. The first-order chi connectivity index (χ1) is 12.6. The van der Waals surface area contributed by atoms with Crippen LogP contribution >= 0.6 is 0 Å². The van der Waals surface area contributed by atoms with Crippen molar-refractivity contribution < 1.29 is 13.2 Å². The largest absolute Gasteiger partial charge is 0.310 e. The van der Waals surface area contributed by atoms with Gasteiger partial charge >= 0.3 is 0 Å². The Kier molecular flexibility index (Phi) is 4.65. The van der Waals surface area contributed by atoms with Gasteiger partial charge in [-0.1, -0.05) is 36.4 Å². The topological polar surface area (TPSA) is 66.5 Å². The summed E-state index contributed by atoms with van der Waals surface area (Å²) in [6, 6.07) is 15.1. The summed E-state index contributed by atoms with van der Waals surface area (Å²) in [7, 11) is -3.59. The van der Waals surface area contributed by atoms with E-state index in [4.69, 9.17) is 0 Å². The van der Waals surface area contributed by atoms with E-state index >= 15 is 0 Å². The Hall–Kier alpha value is -2.02. The van der Waals surface area contributed by atoms with Gasteiger partial charge in [-0.15, -0.1) is 0 Å². The van der Waals surface area contributed by atoms with Gasteiger partial charge in [-0.05, 0) is 49.1 Å². The van der Waals surface area contributed by atoms with Gasteiger partial charge in [0.2, 0.25) is 10.0 Å². The van der Waals surface area contributed by atoms with Gasteiger partial charge in [-0.2, -0.15) is 4.31 Å². The van der Waals surface area contributed by atoms with Crippen LogP contribution in [-0.2, 0) is 16.4 Å². The molecule has 2 aromatic rings. The number of sulfonamides is 1. The van der Waals surface area contributed by atoms with Gasteiger partial charge in [0, 0.05) is 18.2 Å². The van der Waals surface area contributed by atoms with Crippen LogP contribution in [0.2, 0.25) is 0 Å². The Morgan fingerprint density at radius 3 is 2.73 bits per heavy atom. The first-order valence-electron chi connectivity index (χ1n) is 9.01.